The average Bonchev–Trinajstić information content (AvgIpc) is 2.94. The number of morpholine rings is 1. The van der Waals surface area contributed by atoms with Gasteiger partial charge in [-0.05, 0) is 37.1 Å². The van der Waals surface area contributed by atoms with Gasteiger partial charge in [-0.1, -0.05) is 12.1 Å². The minimum Gasteiger partial charge on any atom is -0.374 e. The molecule has 2 heterocycles. The second-order valence-corrected chi connectivity index (χ2v) is 6.58. The molecule has 1 saturated heterocycles. The number of amides is 1. The predicted octanol–water partition coefficient (Wildman–Crippen LogP) is 2.57. The van der Waals surface area contributed by atoms with Gasteiger partial charge in [0.1, 0.15) is 5.82 Å². The smallest absolute Gasteiger partial charge is 0.223 e. The van der Waals surface area contributed by atoms with Crippen molar-refractivity contribution in [1.29, 1.82) is 0 Å². The fourth-order valence-electron chi connectivity index (χ4n) is 3.12. The molecular formula is C19H24FN3O2. The molecule has 1 atom stereocenters. The average molecular weight is 345 g/mol. The van der Waals surface area contributed by atoms with Crippen LogP contribution in [0.3, 0.4) is 0 Å². The number of nitrogens with zero attached hydrogens (tertiary/aromatic N) is 2. The largest absolute Gasteiger partial charge is 0.374 e. The third-order valence-electron chi connectivity index (χ3n) is 4.80. The number of nitrogens with one attached hydrogen (secondary N) is 1. The Morgan fingerprint density at radius 3 is 2.80 bits per heavy atom. The van der Waals surface area contributed by atoms with Crippen LogP contribution in [0.2, 0.25) is 0 Å². The monoisotopic (exact) mass is 345 g/mol. The zero-order valence-electron chi connectivity index (χ0n) is 14.7. The Kier molecular flexibility index (Phi) is 5.48. The van der Waals surface area contributed by atoms with Gasteiger partial charge in [0, 0.05) is 38.0 Å². The first-order valence-corrected chi connectivity index (χ1v) is 8.67. The first-order valence-electron chi connectivity index (χ1n) is 8.67. The van der Waals surface area contributed by atoms with Crippen molar-refractivity contribution < 1.29 is 13.9 Å². The molecule has 6 heteroatoms. The van der Waals surface area contributed by atoms with Gasteiger partial charge in [0.05, 0.1) is 18.4 Å². The van der Waals surface area contributed by atoms with Crippen LogP contribution in [0.15, 0.2) is 24.3 Å². The van der Waals surface area contributed by atoms with E-state index < -0.39 is 0 Å². The van der Waals surface area contributed by atoms with Gasteiger partial charge in [0.2, 0.25) is 5.91 Å². The highest BCUT2D eigenvalue weighted by atomic mass is 19.1. The van der Waals surface area contributed by atoms with E-state index in [2.05, 4.69) is 10.2 Å². The molecule has 2 aromatic rings. The maximum absolute atomic E-state index is 13.0. The molecule has 134 valence electrons. The van der Waals surface area contributed by atoms with Gasteiger partial charge in [-0.25, -0.2) is 4.39 Å². The zero-order chi connectivity index (χ0) is 17.8. The number of carbonyl (C=O) groups excluding carboxylic acids is 1. The summed E-state index contributed by atoms with van der Waals surface area (Å²) in [5.74, 6) is -0.110. The Bertz CT molecular complexity index is 727. The summed E-state index contributed by atoms with van der Waals surface area (Å²) in [6.07, 6.45) is 1.74. The summed E-state index contributed by atoms with van der Waals surface area (Å²) in [7, 11) is 0. The maximum Gasteiger partial charge on any atom is 0.223 e. The van der Waals surface area contributed by atoms with E-state index in [1.165, 1.54) is 12.1 Å². The molecule has 0 unspecified atom stereocenters. The summed E-state index contributed by atoms with van der Waals surface area (Å²) in [5, 5.41) is 7.22. The fraction of sp³-hybridized carbons (Fsp3) is 0.474. The van der Waals surface area contributed by atoms with Crippen LogP contribution in [0.5, 0.6) is 0 Å². The van der Waals surface area contributed by atoms with Crippen LogP contribution in [-0.4, -0.2) is 46.8 Å². The molecule has 3 rings (SSSR count). The molecule has 1 aromatic heterocycles. The van der Waals surface area contributed by atoms with Gasteiger partial charge in [-0.2, -0.15) is 5.10 Å². The maximum atomic E-state index is 13.0. The summed E-state index contributed by atoms with van der Waals surface area (Å²) >= 11 is 0. The van der Waals surface area contributed by atoms with Gasteiger partial charge in [-0.15, -0.1) is 0 Å². The van der Waals surface area contributed by atoms with Gasteiger partial charge >= 0.3 is 0 Å². The lowest BCUT2D eigenvalue weighted by molar-refractivity contribution is -0.138. The quantitative estimate of drug-likeness (QED) is 0.906. The molecule has 0 radical (unpaired) electrons. The standard InChI is InChI=1S/C19H24FN3O2/c1-13-14(2)21-22-18(13)7-8-19(24)23-9-10-25-17(12-23)11-15-3-5-16(20)6-4-15/h3-6,17H,7-12H2,1-2H3,(H,21,22)/t17-/m1/s1. The number of halogens is 1. The predicted molar refractivity (Wildman–Crippen MR) is 92.8 cm³/mol. The number of hydrogen-bond acceptors (Lipinski definition) is 3. The molecule has 1 amide bonds. The number of aromatic nitrogens is 2. The van der Waals surface area contributed by atoms with Crippen molar-refractivity contribution >= 4 is 5.91 Å². The number of benzene rings is 1. The van der Waals surface area contributed by atoms with E-state index in [-0.39, 0.29) is 17.8 Å². The zero-order valence-corrected chi connectivity index (χ0v) is 14.7. The molecule has 0 spiro atoms. The molecule has 5 nitrogen and oxygen atoms in total. The molecule has 1 N–H and O–H groups in total. The molecule has 0 saturated carbocycles. The van der Waals surface area contributed by atoms with Crippen LogP contribution in [0.1, 0.15) is 28.9 Å². The molecule has 0 bridgehead atoms. The summed E-state index contributed by atoms with van der Waals surface area (Å²) in [5.41, 5.74) is 4.16. The number of ether oxygens (including phenoxy) is 1. The Morgan fingerprint density at radius 2 is 2.12 bits per heavy atom. The lowest BCUT2D eigenvalue weighted by atomic mass is 10.1. The van der Waals surface area contributed by atoms with Crippen molar-refractivity contribution in [2.45, 2.75) is 39.2 Å². The number of hydrogen-bond donors (Lipinski definition) is 1. The highest BCUT2D eigenvalue weighted by molar-refractivity contribution is 5.76. The van der Waals surface area contributed by atoms with Gasteiger partial charge in [0.25, 0.3) is 0 Å². The van der Waals surface area contributed by atoms with E-state index in [1.54, 1.807) is 12.1 Å². The normalized spacial score (nSPS) is 17.7. The SMILES string of the molecule is Cc1[nH]nc(CCC(=O)N2CCO[C@H](Cc3ccc(F)cc3)C2)c1C. The van der Waals surface area contributed by atoms with Crippen molar-refractivity contribution in [1.82, 2.24) is 15.1 Å². The van der Waals surface area contributed by atoms with E-state index >= 15 is 0 Å². The number of H-pyrrole nitrogens is 1. The van der Waals surface area contributed by atoms with Crippen molar-refractivity contribution in [3.8, 4) is 0 Å². The highest BCUT2D eigenvalue weighted by Crippen LogP contribution is 2.15. The topological polar surface area (TPSA) is 58.2 Å². The van der Waals surface area contributed by atoms with Crippen LogP contribution >= 0.6 is 0 Å². The third kappa shape index (κ3) is 4.45. The van der Waals surface area contributed by atoms with Crippen molar-refractivity contribution in [3.63, 3.8) is 0 Å². The van der Waals surface area contributed by atoms with Crippen LogP contribution in [0, 0.1) is 19.7 Å². The number of aromatic amines is 1. The van der Waals surface area contributed by atoms with Crippen LogP contribution < -0.4 is 0 Å². The van der Waals surface area contributed by atoms with Crippen molar-refractivity contribution in [2.75, 3.05) is 19.7 Å². The van der Waals surface area contributed by atoms with E-state index in [1.807, 2.05) is 18.7 Å². The molecule has 0 aliphatic carbocycles. The number of aryl methyl sites for hydroxylation is 2. The molecular weight excluding hydrogens is 321 g/mol. The summed E-state index contributed by atoms with van der Waals surface area (Å²) < 4.78 is 18.8. The molecule has 1 aliphatic rings. The Hall–Kier alpha value is -2.21. The van der Waals surface area contributed by atoms with Gasteiger partial charge < -0.3 is 9.64 Å². The van der Waals surface area contributed by atoms with Crippen LogP contribution in [0.25, 0.3) is 0 Å². The van der Waals surface area contributed by atoms with E-state index in [0.29, 0.717) is 39.0 Å². The molecule has 1 aliphatic heterocycles. The Balaban J connectivity index is 1.52. The van der Waals surface area contributed by atoms with E-state index in [4.69, 9.17) is 4.74 Å². The second kappa shape index (κ2) is 7.78. The van der Waals surface area contributed by atoms with Crippen molar-refractivity contribution in [3.05, 3.63) is 52.6 Å². The Labute approximate surface area is 147 Å². The summed E-state index contributed by atoms with van der Waals surface area (Å²) in [6.45, 7) is 5.74. The van der Waals surface area contributed by atoms with Crippen molar-refractivity contribution in [2.24, 2.45) is 0 Å². The van der Waals surface area contributed by atoms with Gasteiger partial charge in [0.15, 0.2) is 0 Å². The van der Waals surface area contributed by atoms with E-state index in [9.17, 15) is 9.18 Å². The minimum absolute atomic E-state index is 0.0440. The molecule has 25 heavy (non-hydrogen) atoms. The molecule has 1 aromatic carbocycles. The lowest BCUT2D eigenvalue weighted by Crippen LogP contribution is -2.46. The summed E-state index contributed by atoms with van der Waals surface area (Å²) in [4.78, 5) is 14.4. The van der Waals surface area contributed by atoms with Crippen LogP contribution in [-0.2, 0) is 22.4 Å². The summed E-state index contributed by atoms with van der Waals surface area (Å²) in [6, 6.07) is 6.44. The number of carbonyl (C=O) groups is 1. The van der Waals surface area contributed by atoms with Crippen LogP contribution in [0.4, 0.5) is 4.39 Å². The minimum atomic E-state index is -0.242. The van der Waals surface area contributed by atoms with Gasteiger partial charge in [-0.3, -0.25) is 9.89 Å². The third-order valence-corrected chi connectivity index (χ3v) is 4.80. The first-order chi connectivity index (χ1) is 12.0. The first kappa shape index (κ1) is 17.6. The fourth-order valence-corrected chi connectivity index (χ4v) is 3.12. The second-order valence-electron chi connectivity index (χ2n) is 6.58. The molecule has 1 fully saturated rings. The highest BCUT2D eigenvalue weighted by Gasteiger charge is 2.24. The lowest BCUT2D eigenvalue weighted by Gasteiger charge is -2.33. The van der Waals surface area contributed by atoms with E-state index in [0.717, 1.165) is 22.5 Å². The Morgan fingerprint density at radius 1 is 1.36 bits per heavy atom. The number of rotatable bonds is 5.